The van der Waals surface area contributed by atoms with Crippen molar-refractivity contribution < 1.29 is 20.4 Å². The summed E-state index contributed by atoms with van der Waals surface area (Å²) in [5, 5.41) is 43.0. The van der Waals surface area contributed by atoms with Gasteiger partial charge in [0, 0.05) is 17.4 Å². The summed E-state index contributed by atoms with van der Waals surface area (Å²) in [6, 6.07) is 0. The van der Waals surface area contributed by atoms with Crippen molar-refractivity contribution in [3.05, 3.63) is 11.6 Å². The average molecular weight is 475 g/mol. The first-order valence-electron chi connectivity index (χ1n) is 14.0. The molecule has 4 N–H and O–H groups in total. The molecule has 0 unspecified atom stereocenters. The molecule has 4 nitrogen and oxygen atoms in total. The van der Waals surface area contributed by atoms with Crippen LogP contribution in [0.2, 0.25) is 0 Å². The maximum atomic E-state index is 11.0. The maximum Gasteiger partial charge on any atom is 0.0877 e. The van der Waals surface area contributed by atoms with Crippen molar-refractivity contribution >= 4 is 0 Å². The van der Waals surface area contributed by atoms with E-state index >= 15 is 0 Å². The van der Waals surface area contributed by atoms with E-state index in [0.29, 0.717) is 30.3 Å². The Hall–Kier alpha value is -0.420. The Bertz CT molecular complexity index is 866. The summed E-state index contributed by atoms with van der Waals surface area (Å²) in [5.74, 6) is 1.08. The second-order valence-electron chi connectivity index (χ2n) is 15.1. The second-order valence-corrected chi connectivity index (χ2v) is 15.1. The van der Waals surface area contributed by atoms with Gasteiger partial charge in [-0.15, -0.1) is 0 Å². The predicted molar refractivity (Wildman–Crippen MR) is 135 cm³/mol. The number of hydrogen-bond acceptors (Lipinski definition) is 4. The molecule has 34 heavy (non-hydrogen) atoms. The predicted octanol–water partition coefficient (Wildman–Crippen LogP) is 5.08. The highest BCUT2D eigenvalue weighted by Crippen LogP contribution is 2.75. The molecular weight excluding hydrogens is 424 g/mol. The van der Waals surface area contributed by atoms with Crippen molar-refractivity contribution in [3.8, 4) is 0 Å². The van der Waals surface area contributed by atoms with Gasteiger partial charge >= 0.3 is 0 Å². The smallest absolute Gasteiger partial charge is 0.0877 e. The lowest BCUT2D eigenvalue weighted by molar-refractivity contribution is -0.243. The molecule has 0 spiro atoms. The average Bonchev–Trinajstić information content (AvgIpc) is 2.77. The van der Waals surface area contributed by atoms with E-state index in [4.69, 9.17) is 0 Å². The van der Waals surface area contributed by atoms with E-state index in [0.717, 1.165) is 38.5 Å². The maximum absolute atomic E-state index is 11.0. The van der Waals surface area contributed by atoms with Crippen molar-refractivity contribution in [1.29, 1.82) is 0 Å². The summed E-state index contributed by atoms with van der Waals surface area (Å²) >= 11 is 0. The van der Waals surface area contributed by atoms with Gasteiger partial charge in [0.2, 0.25) is 0 Å². The summed E-state index contributed by atoms with van der Waals surface area (Å²) in [6.07, 6.45) is 10.4. The van der Waals surface area contributed by atoms with Crippen LogP contribution in [0.1, 0.15) is 99.3 Å². The van der Waals surface area contributed by atoms with Crippen LogP contribution in [0.4, 0.5) is 0 Å². The van der Waals surface area contributed by atoms with Gasteiger partial charge in [-0.25, -0.2) is 0 Å². The quantitative estimate of drug-likeness (QED) is 0.421. The first-order valence-corrected chi connectivity index (χ1v) is 14.0. The van der Waals surface area contributed by atoms with Crippen molar-refractivity contribution in [1.82, 2.24) is 0 Å². The molecule has 0 saturated heterocycles. The van der Waals surface area contributed by atoms with Gasteiger partial charge in [-0.3, -0.25) is 0 Å². The minimum Gasteiger partial charge on any atom is -0.396 e. The summed E-state index contributed by atoms with van der Waals surface area (Å²) in [4.78, 5) is 0. The van der Waals surface area contributed by atoms with Crippen LogP contribution in [0.25, 0.3) is 0 Å². The van der Waals surface area contributed by atoms with Gasteiger partial charge in [0.25, 0.3) is 0 Å². The first-order chi connectivity index (χ1) is 15.7. The lowest BCUT2D eigenvalue weighted by Gasteiger charge is -2.71. The van der Waals surface area contributed by atoms with Crippen molar-refractivity contribution in [2.45, 2.75) is 112 Å². The minimum absolute atomic E-state index is 0.0474. The Morgan fingerprint density at radius 2 is 1.50 bits per heavy atom. The lowest BCUT2D eigenvalue weighted by Crippen LogP contribution is -2.68. The van der Waals surface area contributed by atoms with Crippen LogP contribution < -0.4 is 0 Å². The fourth-order valence-corrected chi connectivity index (χ4v) is 10.8. The number of rotatable bonds is 2. The van der Waals surface area contributed by atoms with Crippen molar-refractivity contribution in [3.63, 3.8) is 0 Å². The highest BCUT2D eigenvalue weighted by molar-refractivity contribution is 5.34. The summed E-state index contributed by atoms with van der Waals surface area (Å²) in [6.45, 7) is 14.4. The molecule has 4 fully saturated rings. The van der Waals surface area contributed by atoms with Crippen molar-refractivity contribution in [2.24, 2.45) is 50.2 Å². The van der Waals surface area contributed by atoms with Gasteiger partial charge in [0.1, 0.15) is 0 Å². The van der Waals surface area contributed by atoms with E-state index in [2.05, 4.69) is 40.7 Å². The molecule has 5 aliphatic carbocycles. The molecule has 5 aliphatic rings. The molecule has 194 valence electrons. The molecule has 0 aromatic rings. The Labute approximate surface area is 207 Å². The topological polar surface area (TPSA) is 80.9 Å². The summed E-state index contributed by atoms with van der Waals surface area (Å²) in [5.41, 5.74) is 1.42. The SMILES string of the molecule is CC1(C)CC[C@]2(CO)CC[C@]3(C)C(=CC[C@@H]4[C@@]5(C)C[C@@H](O)[C@H](O)[C@@](C)(CO)[C@@H]5CC[C@]43C)[C@@H]2C1. The van der Waals surface area contributed by atoms with E-state index in [9.17, 15) is 20.4 Å². The summed E-state index contributed by atoms with van der Waals surface area (Å²) < 4.78 is 0. The number of allylic oxidation sites excluding steroid dienone is 2. The van der Waals surface area contributed by atoms with E-state index in [1.54, 1.807) is 5.57 Å². The normalized spacial score (nSPS) is 56.4. The highest BCUT2D eigenvalue weighted by Gasteiger charge is 2.69. The lowest BCUT2D eigenvalue weighted by atomic mass is 9.33. The second kappa shape index (κ2) is 7.55. The molecule has 0 aliphatic heterocycles. The molecule has 0 aromatic carbocycles. The number of aliphatic hydroxyl groups excluding tert-OH is 4. The van der Waals surface area contributed by atoms with Crippen LogP contribution in [-0.4, -0.2) is 45.8 Å². The van der Waals surface area contributed by atoms with Crippen LogP contribution >= 0.6 is 0 Å². The number of hydrogen-bond donors (Lipinski definition) is 4. The van der Waals surface area contributed by atoms with E-state index in [-0.39, 0.29) is 34.2 Å². The molecule has 0 radical (unpaired) electrons. The van der Waals surface area contributed by atoms with Gasteiger partial charge in [0.15, 0.2) is 0 Å². The molecule has 4 saturated carbocycles. The highest BCUT2D eigenvalue weighted by atomic mass is 16.3. The van der Waals surface area contributed by atoms with Gasteiger partial charge in [-0.05, 0) is 97.2 Å². The standard InChI is InChI=1S/C30H50O4/c1-25(2)11-13-30(18-32)14-12-28(5)19(20(30)15-25)7-8-23-26(3)16-21(33)24(34)27(4,17-31)22(26)9-10-29(23,28)6/h7,20-24,31-34H,8-18H2,1-6H3/t20-,21+,22+,23+,24-,26-,27-,28+,29+,30+/m0/s1. The molecule has 10 atom stereocenters. The molecule has 0 heterocycles. The molecule has 0 amide bonds. The van der Waals surface area contributed by atoms with Crippen molar-refractivity contribution in [2.75, 3.05) is 13.2 Å². The zero-order chi connectivity index (χ0) is 24.9. The largest absolute Gasteiger partial charge is 0.396 e. The molecule has 5 rings (SSSR count). The van der Waals surface area contributed by atoms with E-state index < -0.39 is 17.6 Å². The van der Waals surface area contributed by atoms with Gasteiger partial charge in [-0.2, -0.15) is 0 Å². The summed E-state index contributed by atoms with van der Waals surface area (Å²) in [7, 11) is 0. The van der Waals surface area contributed by atoms with E-state index in [1.807, 2.05) is 6.92 Å². The Morgan fingerprint density at radius 1 is 0.824 bits per heavy atom. The minimum atomic E-state index is -0.866. The van der Waals surface area contributed by atoms with Gasteiger partial charge < -0.3 is 20.4 Å². The molecule has 0 aromatic heterocycles. The van der Waals surface area contributed by atoms with Crippen LogP contribution in [0.15, 0.2) is 11.6 Å². The van der Waals surface area contributed by atoms with Crippen LogP contribution in [-0.2, 0) is 0 Å². The molecule has 4 heteroatoms. The fraction of sp³-hybridized carbons (Fsp3) is 0.933. The third-order valence-electron chi connectivity index (χ3n) is 13.2. The van der Waals surface area contributed by atoms with Gasteiger partial charge in [-0.1, -0.05) is 53.2 Å². The van der Waals surface area contributed by atoms with E-state index in [1.165, 1.54) is 12.8 Å². The Balaban J connectivity index is 1.59. The number of aliphatic hydroxyl groups is 4. The third-order valence-corrected chi connectivity index (χ3v) is 13.2. The molecular formula is C30H50O4. The third kappa shape index (κ3) is 2.98. The first kappa shape index (κ1) is 25.2. The monoisotopic (exact) mass is 474 g/mol. The van der Waals surface area contributed by atoms with Crippen LogP contribution in [0.3, 0.4) is 0 Å². The Kier molecular flexibility index (Phi) is 5.61. The number of fused-ring (bicyclic) bond motifs is 7. The molecule has 0 bridgehead atoms. The van der Waals surface area contributed by atoms with Gasteiger partial charge in [0.05, 0.1) is 18.8 Å². The zero-order valence-corrected chi connectivity index (χ0v) is 22.5. The van der Waals surface area contributed by atoms with Crippen LogP contribution in [0.5, 0.6) is 0 Å². The zero-order valence-electron chi connectivity index (χ0n) is 22.5. The van der Waals surface area contributed by atoms with Crippen LogP contribution in [0, 0.1) is 50.2 Å². The Morgan fingerprint density at radius 3 is 2.15 bits per heavy atom. The fourth-order valence-electron chi connectivity index (χ4n) is 10.8.